The largest absolute Gasteiger partial charge is 0.459 e. The molecule has 0 bridgehead atoms. The van der Waals surface area contributed by atoms with Crippen LogP contribution >= 0.6 is 0 Å². The van der Waals surface area contributed by atoms with Crippen molar-refractivity contribution in [3.8, 4) is 0 Å². The van der Waals surface area contributed by atoms with E-state index < -0.39 is 18.5 Å². The van der Waals surface area contributed by atoms with Crippen molar-refractivity contribution < 1.29 is 23.9 Å². The Balaban J connectivity index is 2.11. The van der Waals surface area contributed by atoms with Crippen molar-refractivity contribution in [1.29, 1.82) is 0 Å². The zero-order chi connectivity index (χ0) is 21.6. The van der Waals surface area contributed by atoms with E-state index in [1.165, 1.54) is 4.90 Å². The van der Waals surface area contributed by atoms with Gasteiger partial charge in [0, 0.05) is 17.9 Å². The Morgan fingerprint density at radius 3 is 2.38 bits per heavy atom. The Morgan fingerprint density at radius 1 is 1.14 bits per heavy atom. The first-order chi connectivity index (χ1) is 13.8. The predicted molar refractivity (Wildman–Crippen MR) is 110 cm³/mol. The normalized spacial score (nSPS) is 10.5. The summed E-state index contributed by atoms with van der Waals surface area (Å²) in [4.78, 5) is 41.7. The number of esters is 2. The van der Waals surface area contributed by atoms with Gasteiger partial charge in [-0.05, 0) is 45.4 Å². The molecule has 2 aromatic rings. The number of aromatic nitrogens is 1. The smallest absolute Gasteiger partial charge is 0.355 e. The average Bonchev–Trinajstić information content (AvgIpc) is 2.98. The summed E-state index contributed by atoms with van der Waals surface area (Å²) in [6.07, 6.45) is 1.32. The molecule has 29 heavy (non-hydrogen) atoms. The van der Waals surface area contributed by atoms with Gasteiger partial charge < -0.3 is 19.4 Å². The van der Waals surface area contributed by atoms with Gasteiger partial charge in [0.25, 0.3) is 5.91 Å². The van der Waals surface area contributed by atoms with E-state index >= 15 is 0 Å². The first-order valence-corrected chi connectivity index (χ1v) is 9.29. The minimum absolute atomic E-state index is 0.126. The molecule has 7 nitrogen and oxygen atoms in total. The third-order valence-corrected chi connectivity index (χ3v) is 4.20. The summed E-state index contributed by atoms with van der Waals surface area (Å²) in [5.41, 5.74) is 2.04. The van der Waals surface area contributed by atoms with E-state index in [4.69, 9.17) is 9.47 Å². The van der Waals surface area contributed by atoms with Crippen LogP contribution in [0.2, 0.25) is 0 Å². The second-order valence-corrected chi connectivity index (χ2v) is 6.78. The van der Waals surface area contributed by atoms with Gasteiger partial charge in [0.05, 0.1) is 11.7 Å². The van der Waals surface area contributed by atoms with Crippen molar-refractivity contribution in [1.82, 2.24) is 4.98 Å². The Morgan fingerprint density at radius 2 is 1.79 bits per heavy atom. The number of amides is 1. The molecule has 0 atom stereocenters. The van der Waals surface area contributed by atoms with Crippen LogP contribution in [0.1, 0.15) is 46.0 Å². The number of nitrogens with zero attached hydrogens (tertiary/aromatic N) is 1. The van der Waals surface area contributed by atoms with Crippen LogP contribution in [0.4, 0.5) is 5.69 Å². The van der Waals surface area contributed by atoms with E-state index in [2.05, 4.69) is 11.6 Å². The molecule has 1 heterocycles. The Labute approximate surface area is 170 Å². The van der Waals surface area contributed by atoms with E-state index in [9.17, 15) is 14.4 Å². The van der Waals surface area contributed by atoms with Gasteiger partial charge in [-0.3, -0.25) is 4.79 Å². The number of para-hydroxylation sites is 1. The molecule has 1 aromatic heterocycles. The Hall–Kier alpha value is -3.35. The van der Waals surface area contributed by atoms with Crippen molar-refractivity contribution in [2.45, 2.75) is 33.8 Å². The molecule has 0 unspecified atom stereocenters. The maximum Gasteiger partial charge on any atom is 0.355 e. The van der Waals surface area contributed by atoms with E-state index in [1.807, 2.05) is 18.2 Å². The molecule has 0 radical (unpaired) electrons. The molecular formula is C22H26N2O5. The zero-order valence-electron chi connectivity index (χ0n) is 17.2. The van der Waals surface area contributed by atoms with Gasteiger partial charge in [0.15, 0.2) is 6.61 Å². The number of benzene rings is 1. The topological polar surface area (TPSA) is 88.7 Å². The second kappa shape index (κ2) is 9.73. The highest BCUT2D eigenvalue weighted by molar-refractivity contribution is 6.00. The quantitative estimate of drug-likeness (QED) is 0.542. The number of H-pyrrole nitrogens is 1. The fourth-order valence-electron chi connectivity index (χ4n) is 2.90. The summed E-state index contributed by atoms with van der Waals surface area (Å²) in [5.74, 6) is -1.61. The summed E-state index contributed by atoms with van der Waals surface area (Å²) in [5, 5.41) is 0. The highest BCUT2D eigenvalue weighted by atomic mass is 16.5. The lowest BCUT2D eigenvalue weighted by Crippen LogP contribution is -2.35. The summed E-state index contributed by atoms with van der Waals surface area (Å²) in [7, 11) is 0. The molecule has 2 rings (SSSR count). The van der Waals surface area contributed by atoms with Crippen molar-refractivity contribution in [2.24, 2.45) is 0 Å². The molecule has 0 spiro atoms. The van der Waals surface area contributed by atoms with Crippen LogP contribution in [-0.2, 0) is 14.3 Å². The van der Waals surface area contributed by atoms with Gasteiger partial charge in [-0.1, -0.05) is 24.3 Å². The van der Waals surface area contributed by atoms with Crippen LogP contribution in [0.3, 0.4) is 0 Å². The SMILES string of the molecule is C=CCN(C(=O)COC(=O)c1[nH]c(C)c(C(=O)OC(C)C)c1C)c1ccccc1. The van der Waals surface area contributed by atoms with E-state index in [0.29, 0.717) is 22.5 Å². The number of aryl methyl sites for hydroxylation is 1. The fraction of sp³-hybridized carbons (Fsp3) is 0.318. The Bertz CT molecular complexity index is 899. The lowest BCUT2D eigenvalue weighted by molar-refractivity contribution is -0.121. The third-order valence-electron chi connectivity index (χ3n) is 4.20. The maximum absolute atomic E-state index is 12.6. The number of aromatic amines is 1. The first kappa shape index (κ1) is 21.9. The summed E-state index contributed by atoms with van der Waals surface area (Å²) < 4.78 is 10.4. The zero-order valence-corrected chi connectivity index (χ0v) is 17.2. The van der Waals surface area contributed by atoms with E-state index in [-0.39, 0.29) is 24.2 Å². The summed E-state index contributed by atoms with van der Waals surface area (Å²) >= 11 is 0. The van der Waals surface area contributed by atoms with Crippen LogP contribution in [0, 0.1) is 13.8 Å². The molecule has 0 aliphatic carbocycles. The van der Waals surface area contributed by atoms with Crippen molar-refractivity contribution in [3.63, 3.8) is 0 Å². The van der Waals surface area contributed by atoms with E-state index in [1.54, 1.807) is 45.9 Å². The van der Waals surface area contributed by atoms with Crippen LogP contribution in [0.5, 0.6) is 0 Å². The molecular weight excluding hydrogens is 372 g/mol. The second-order valence-electron chi connectivity index (χ2n) is 6.78. The van der Waals surface area contributed by atoms with Crippen LogP contribution in [0.25, 0.3) is 0 Å². The van der Waals surface area contributed by atoms with Gasteiger partial charge in [0.2, 0.25) is 0 Å². The van der Waals surface area contributed by atoms with Crippen LogP contribution in [0.15, 0.2) is 43.0 Å². The molecule has 0 saturated heterocycles. The summed E-state index contributed by atoms with van der Waals surface area (Å²) in [6, 6.07) is 9.04. The molecule has 0 aliphatic heterocycles. The molecule has 1 amide bonds. The van der Waals surface area contributed by atoms with Crippen LogP contribution in [-0.4, -0.2) is 42.1 Å². The molecule has 0 saturated carbocycles. The van der Waals surface area contributed by atoms with Crippen molar-refractivity contribution in [3.05, 3.63) is 65.5 Å². The lowest BCUT2D eigenvalue weighted by Gasteiger charge is -2.21. The molecule has 154 valence electrons. The first-order valence-electron chi connectivity index (χ1n) is 9.29. The third kappa shape index (κ3) is 5.34. The number of hydrogen-bond acceptors (Lipinski definition) is 5. The number of carbonyl (C=O) groups excluding carboxylic acids is 3. The van der Waals surface area contributed by atoms with Gasteiger partial charge in [-0.25, -0.2) is 9.59 Å². The average molecular weight is 398 g/mol. The minimum atomic E-state index is -0.714. The van der Waals surface area contributed by atoms with Gasteiger partial charge in [-0.15, -0.1) is 6.58 Å². The lowest BCUT2D eigenvalue weighted by atomic mass is 10.1. The number of carbonyl (C=O) groups is 3. The van der Waals surface area contributed by atoms with Crippen molar-refractivity contribution in [2.75, 3.05) is 18.1 Å². The fourth-order valence-corrected chi connectivity index (χ4v) is 2.90. The number of nitrogens with one attached hydrogen (secondary N) is 1. The molecule has 0 aliphatic rings. The highest BCUT2D eigenvalue weighted by Crippen LogP contribution is 2.21. The molecule has 1 aromatic carbocycles. The predicted octanol–water partition coefficient (Wildman–Crippen LogP) is 3.57. The highest BCUT2D eigenvalue weighted by Gasteiger charge is 2.25. The molecule has 7 heteroatoms. The monoisotopic (exact) mass is 398 g/mol. The van der Waals surface area contributed by atoms with Gasteiger partial charge in [-0.2, -0.15) is 0 Å². The van der Waals surface area contributed by atoms with Gasteiger partial charge in [0.1, 0.15) is 5.69 Å². The van der Waals surface area contributed by atoms with Crippen molar-refractivity contribution >= 4 is 23.5 Å². The number of anilines is 1. The number of hydrogen-bond donors (Lipinski definition) is 1. The number of ether oxygens (including phenoxy) is 2. The minimum Gasteiger partial charge on any atom is -0.459 e. The molecule has 1 N–H and O–H groups in total. The maximum atomic E-state index is 12.6. The number of rotatable bonds is 8. The van der Waals surface area contributed by atoms with E-state index in [0.717, 1.165) is 0 Å². The van der Waals surface area contributed by atoms with Crippen LogP contribution < -0.4 is 4.90 Å². The molecule has 0 fully saturated rings. The summed E-state index contributed by atoms with van der Waals surface area (Å²) in [6.45, 7) is 10.3. The standard InChI is InChI=1S/C22H26N2O5/c1-6-12-24(17-10-8-7-9-11-17)18(25)13-28-22(27)20-15(4)19(16(5)23-20)21(26)29-14(2)3/h6-11,14,23H,1,12-13H2,2-5H3. The Kier molecular flexibility index (Phi) is 7.36. The van der Waals surface area contributed by atoms with Gasteiger partial charge >= 0.3 is 11.9 Å².